The fourth-order valence-electron chi connectivity index (χ4n) is 4.46. The van der Waals surface area contributed by atoms with Crippen LogP contribution in [0, 0.1) is 0 Å². The Bertz CT molecular complexity index is 1470. The van der Waals surface area contributed by atoms with E-state index in [-0.39, 0.29) is 18.6 Å². The molecule has 0 heterocycles. The maximum absolute atomic E-state index is 13.1. The van der Waals surface area contributed by atoms with E-state index >= 15 is 0 Å². The number of rotatable bonds is 19. The molecule has 0 radical (unpaired) electrons. The van der Waals surface area contributed by atoms with Crippen molar-refractivity contribution in [1.82, 2.24) is 16.0 Å². The number of carboxylic acids is 3. The summed E-state index contributed by atoms with van der Waals surface area (Å²) < 4.78 is 10.8. The molecule has 0 aliphatic carbocycles. The molecule has 0 aliphatic heterocycles. The Morgan fingerprint density at radius 2 is 1.21 bits per heavy atom. The third-order valence-electron chi connectivity index (χ3n) is 6.98. The third kappa shape index (κ3) is 12.4. The van der Waals surface area contributed by atoms with Crippen LogP contribution in [0.4, 0.5) is 4.79 Å². The number of carbonyl (C=O) groups is 5. The first-order chi connectivity index (χ1) is 22.5. The molecule has 0 fully saturated rings. The lowest BCUT2D eigenvalue weighted by atomic mass is 10.0. The average Bonchev–Trinajstić information content (AvgIpc) is 3.05. The van der Waals surface area contributed by atoms with Crippen LogP contribution >= 0.6 is 0 Å². The Balaban J connectivity index is 1.64. The first-order valence-corrected chi connectivity index (χ1v) is 15.1. The Morgan fingerprint density at radius 3 is 1.77 bits per heavy atom. The fourth-order valence-corrected chi connectivity index (χ4v) is 4.46. The number of urea groups is 1. The van der Waals surface area contributed by atoms with Crippen LogP contribution in [0.2, 0.25) is 0 Å². The molecule has 3 amide bonds. The van der Waals surface area contributed by atoms with Crippen LogP contribution in [0.3, 0.4) is 0 Å². The molecule has 0 saturated carbocycles. The summed E-state index contributed by atoms with van der Waals surface area (Å²) in [6, 6.07) is 18.9. The molecule has 0 bridgehead atoms. The predicted molar refractivity (Wildman–Crippen MR) is 170 cm³/mol. The molecule has 250 valence electrons. The first-order valence-electron chi connectivity index (χ1n) is 15.1. The van der Waals surface area contributed by atoms with Crippen LogP contribution in [0.25, 0.3) is 0 Å². The van der Waals surface area contributed by atoms with Crippen molar-refractivity contribution in [3.63, 3.8) is 0 Å². The van der Waals surface area contributed by atoms with Gasteiger partial charge in [0.2, 0.25) is 5.91 Å². The van der Waals surface area contributed by atoms with Gasteiger partial charge in [0.25, 0.3) is 6.10 Å². The average molecular weight is 650 g/mol. The van der Waals surface area contributed by atoms with Gasteiger partial charge in [0.1, 0.15) is 30.2 Å². The minimum Gasteiger partial charge on any atom is -0.489 e. The molecule has 2 atom stereocenters. The standard InChI is InChI=1S/C34H39N3O10/c1-2-3-7-18-35-30(38)27(19-22-12-16-26(17-13-22)47-29(32(41)42)33(43)44)36-34(45)37-28(31(39)40)20-23-10-14-25(15-11-23)46-21-24-8-5-4-6-9-24/h4-6,8-17,27-29H,2-3,7,18-21H2,1H3,(H,35,38)(H,39,40)(H,41,42)(H,43,44)(H2,36,37,45)/t27-,28?/m0/s1. The summed E-state index contributed by atoms with van der Waals surface area (Å²) in [6.45, 7) is 2.78. The van der Waals surface area contributed by atoms with Gasteiger partial charge in [0, 0.05) is 19.4 Å². The van der Waals surface area contributed by atoms with Gasteiger partial charge < -0.3 is 40.7 Å². The number of carboxylic acid groups (broad SMARTS) is 3. The zero-order chi connectivity index (χ0) is 34.2. The molecule has 0 spiro atoms. The third-order valence-corrected chi connectivity index (χ3v) is 6.98. The van der Waals surface area contributed by atoms with Crippen molar-refractivity contribution < 1.29 is 48.8 Å². The highest BCUT2D eigenvalue weighted by Crippen LogP contribution is 2.17. The molecule has 6 N–H and O–H groups in total. The molecule has 13 heteroatoms. The molecule has 0 aliphatic rings. The number of amides is 3. The molecule has 13 nitrogen and oxygen atoms in total. The van der Waals surface area contributed by atoms with E-state index in [1.165, 1.54) is 24.3 Å². The number of ether oxygens (including phenoxy) is 2. The van der Waals surface area contributed by atoms with Crippen molar-refractivity contribution in [2.24, 2.45) is 0 Å². The minimum absolute atomic E-state index is 0.00319. The lowest BCUT2D eigenvalue weighted by Gasteiger charge is -2.21. The summed E-state index contributed by atoms with van der Waals surface area (Å²) in [4.78, 5) is 60.3. The Labute approximate surface area is 271 Å². The fraction of sp³-hybridized carbons (Fsp3) is 0.324. The predicted octanol–water partition coefficient (Wildman–Crippen LogP) is 3.39. The normalized spacial score (nSPS) is 12.0. The second-order valence-electron chi connectivity index (χ2n) is 10.7. The molecule has 3 aromatic carbocycles. The quantitative estimate of drug-likeness (QED) is 0.0826. The lowest BCUT2D eigenvalue weighted by molar-refractivity contribution is -0.159. The number of hydrogen-bond acceptors (Lipinski definition) is 7. The van der Waals surface area contributed by atoms with Crippen molar-refractivity contribution in [3.8, 4) is 11.5 Å². The monoisotopic (exact) mass is 649 g/mol. The molecular weight excluding hydrogens is 610 g/mol. The van der Waals surface area contributed by atoms with Crippen LogP contribution in [0.5, 0.6) is 11.5 Å². The van der Waals surface area contributed by atoms with Crippen molar-refractivity contribution >= 4 is 29.8 Å². The number of benzene rings is 3. The maximum Gasteiger partial charge on any atom is 0.356 e. The van der Waals surface area contributed by atoms with E-state index < -0.39 is 48.0 Å². The molecule has 0 saturated heterocycles. The Kier molecular flexibility index (Phi) is 14.0. The topological polar surface area (TPSA) is 201 Å². The van der Waals surface area contributed by atoms with E-state index in [1.54, 1.807) is 24.3 Å². The van der Waals surface area contributed by atoms with Crippen LogP contribution < -0.4 is 25.4 Å². The number of unbranched alkanes of at least 4 members (excludes halogenated alkanes) is 2. The van der Waals surface area contributed by atoms with Crippen LogP contribution in [-0.2, 0) is 38.6 Å². The van der Waals surface area contributed by atoms with Crippen LogP contribution in [-0.4, -0.2) is 69.9 Å². The summed E-state index contributed by atoms with van der Waals surface area (Å²) in [5.74, 6) is -4.49. The van der Waals surface area contributed by atoms with Gasteiger partial charge >= 0.3 is 23.9 Å². The Morgan fingerprint density at radius 1 is 0.660 bits per heavy atom. The van der Waals surface area contributed by atoms with E-state index in [9.17, 15) is 29.1 Å². The van der Waals surface area contributed by atoms with E-state index in [4.69, 9.17) is 19.7 Å². The van der Waals surface area contributed by atoms with Gasteiger partial charge in [-0.25, -0.2) is 19.2 Å². The van der Waals surface area contributed by atoms with E-state index in [1.807, 2.05) is 37.3 Å². The number of carbonyl (C=O) groups excluding carboxylic acids is 2. The molecule has 0 aromatic heterocycles. The number of nitrogens with one attached hydrogen (secondary N) is 3. The summed E-state index contributed by atoms with van der Waals surface area (Å²) >= 11 is 0. The van der Waals surface area contributed by atoms with Gasteiger partial charge in [-0.05, 0) is 47.4 Å². The first kappa shape index (κ1) is 35.9. The lowest BCUT2D eigenvalue weighted by Crippen LogP contribution is -2.54. The highest BCUT2D eigenvalue weighted by molar-refractivity contribution is 5.96. The van der Waals surface area contributed by atoms with Gasteiger partial charge in [-0.15, -0.1) is 0 Å². The SMILES string of the molecule is CCCCCNC(=O)[C@H](Cc1ccc(OC(C(=O)O)C(=O)O)cc1)NC(=O)NC(Cc1ccc(OCc2ccccc2)cc1)C(=O)O. The van der Waals surface area contributed by atoms with E-state index in [2.05, 4.69) is 16.0 Å². The van der Waals surface area contributed by atoms with Gasteiger partial charge in [-0.2, -0.15) is 0 Å². The zero-order valence-electron chi connectivity index (χ0n) is 25.9. The second-order valence-corrected chi connectivity index (χ2v) is 10.7. The number of hydrogen-bond donors (Lipinski definition) is 6. The smallest absolute Gasteiger partial charge is 0.356 e. The second kappa shape index (κ2) is 18.4. The maximum atomic E-state index is 13.1. The minimum atomic E-state index is -2.10. The summed E-state index contributed by atoms with van der Waals surface area (Å²) in [5.41, 5.74) is 2.18. The van der Waals surface area contributed by atoms with Crippen LogP contribution in [0.15, 0.2) is 78.9 Å². The van der Waals surface area contributed by atoms with Crippen molar-refractivity contribution in [2.75, 3.05) is 6.54 Å². The van der Waals surface area contributed by atoms with Gasteiger partial charge in [0.05, 0.1) is 0 Å². The number of aliphatic carboxylic acids is 3. The van der Waals surface area contributed by atoms with E-state index in [0.29, 0.717) is 30.0 Å². The highest BCUT2D eigenvalue weighted by Gasteiger charge is 2.28. The summed E-state index contributed by atoms with van der Waals surface area (Å²) in [6.07, 6.45) is 0.453. The zero-order valence-corrected chi connectivity index (χ0v) is 25.9. The molecular formula is C34H39N3O10. The highest BCUT2D eigenvalue weighted by atomic mass is 16.5. The summed E-state index contributed by atoms with van der Waals surface area (Å²) in [7, 11) is 0. The van der Waals surface area contributed by atoms with E-state index in [0.717, 1.165) is 24.8 Å². The van der Waals surface area contributed by atoms with Crippen LogP contribution in [0.1, 0.15) is 42.9 Å². The Hall–Kier alpha value is -5.59. The molecule has 47 heavy (non-hydrogen) atoms. The van der Waals surface area contributed by atoms with Gasteiger partial charge in [-0.1, -0.05) is 74.4 Å². The van der Waals surface area contributed by atoms with Gasteiger partial charge in [-0.3, -0.25) is 4.79 Å². The molecule has 3 aromatic rings. The van der Waals surface area contributed by atoms with Crippen molar-refractivity contribution in [3.05, 3.63) is 95.6 Å². The molecule has 3 rings (SSSR count). The molecule has 1 unspecified atom stereocenters. The summed E-state index contributed by atoms with van der Waals surface area (Å²) in [5, 5.41) is 35.7. The largest absolute Gasteiger partial charge is 0.489 e. The van der Waals surface area contributed by atoms with Gasteiger partial charge in [0.15, 0.2) is 0 Å². The van der Waals surface area contributed by atoms with Crippen molar-refractivity contribution in [1.29, 1.82) is 0 Å². The van der Waals surface area contributed by atoms with Crippen molar-refractivity contribution in [2.45, 2.75) is 63.8 Å².